The smallest absolute Gasteiger partial charge is 0.339 e. The van der Waals surface area contributed by atoms with Gasteiger partial charge in [-0.25, -0.2) is 9.18 Å². The number of methoxy groups -OCH3 is 1. The summed E-state index contributed by atoms with van der Waals surface area (Å²) in [5.74, 6) is -0.435. The number of fused-ring (bicyclic) bond motifs is 1. The lowest BCUT2D eigenvalue weighted by Gasteiger charge is -2.36. The highest BCUT2D eigenvalue weighted by Gasteiger charge is 2.24. The van der Waals surface area contributed by atoms with E-state index >= 15 is 0 Å². The SMILES string of the molecule is COc1ccc(C(=O)OCC(=O)N2CCN(c3ccccc3F)CC2)c2ccccc12. The fourth-order valence-electron chi connectivity index (χ4n) is 3.83. The van der Waals surface area contributed by atoms with Gasteiger partial charge in [0.25, 0.3) is 5.91 Å². The summed E-state index contributed by atoms with van der Waals surface area (Å²) >= 11 is 0. The van der Waals surface area contributed by atoms with Crippen LogP contribution in [-0.2, 0) is 9.53 Å². The van der Waals surface area contributed by atoms with Crippen molar-refractivity contribution in [2.24, 2.45) is 0 Å². The molecule has 0 aliphatic carbocycles. The first-order valence-corrected chi connectivity index (χ1v) is 10.1. The molecule has 1 aliphatic heterocycles. The maximum Gasteiger partial charge on any atom is 0.339 e. The van der Waals surface area contributed by atoms with Gasteiger partial charge in [-0.1, -0.05) is 36.4 Å². The number of piperazine rings is 1. The number of hydrogen-bond acceptors (Lipinski definition) is 5. The van der Waals surface area contributed by atoms with Gasteiger partial charge in [0, 0.05) is 31.6 Å². The second-order valence-electron chi connectivity index (χ2n) is 7.26. The molecular weight excluding hydrogens is 399 g/mol. The van der Waals surface area contributed by atoms with E-state index in [1.54, 1.807) is 42.3 Å². The Morgan fingerprint density at radius 2 is 1.58 bits per heavy atom. The maximum atomic E-state index is 14.0. The van der Waals surface area contributed by atoms with E-state index in [1.807, 2.05) is 29.2 Å². The third-order valence-corrected chi connectivity index (χ3v) is 5.48. The van der Waals surface area contributed by atoms with Crippen LogP contribution in [0, 0.1) is 5.82 Å². The minimum Gasteiger partial charge on any atom is -0.496 e. The fraction of sp³-hybridized carbons (Fsp3) is 0.250. The fourth-order valence-corrected chi connectivity index (χ4v) is 3.83. The minimum atomic E-state index is -0.558. The molecule has 3 aromatic rings. The van der Waals surface area contributed by atoms with Crippen molar-refractivity contribution < 1.29 is 23.5 Å². The summed E-state index contributed by atoms with van der Waals surface area (Å²) in [5, 5.41) is 1.51. The van der Waals surface area contributed by atoms with E-state index in [4.69, 9.17) is 9.47 Å². The molecule has 1 saturated heterocycles. The van der Waals surface area contributed by atoms with Gasteiger partial charge in [-0.3, -0.25) is 4.79 Å². The van der Waals surface area contributed by atoms with Crippen LogP contribution >= 0.6 is 0 Å². The molecule has 160 valence electrons. The van der Waals surface area contributed by atoms with Crippen molar-refractivity contribution in [2.75, 3.05) is 44.8 Å². The molecule has 1 aliphatic rings. The highest BCUT2D eigenvalue weighted by molar-refractivity contribution is 6.06. The van der Waals surface area contributed by atoms with Gasteiger partial charge < -0.3 is 19.3 Å². The standard InChI is InChI=1S/C24H23FN2O4/c1-30-22-11-10-19(17-6-2-3-7-18(17)22)24(29)31-16-23(28)27-14-12-26(13-15-27)21-9-5-4-8-20(21)25/h2-11H,12-16H2,1H3. The predicted octanol–water partition coefficient (Wildman–Crippen LogP) is 3.49. The lowest BCUT2D eigenvalue weighted by atomic mass is 10.0. The van der Waals surface area contributed by atoms with Gasteiger partial charge in [0.05, 0.1) is 18.4 Å². The monoisotopic (exact) mass is 422 g/mol. The summed E-state index contributed by atoms with van der Waals surface area (Å²) in [4.78, 5) is 28.7. The average Bonchev–Trinajstić information content (AvgIpc) is 2.82. The average molecular weight is 422 g/mol. The molecule has 3 aromatic carbocycles. The number of carbonyl (C=O) groups excluding carboxylic acids is 2. The second-order valence-corrected chi connectivity index (χ2v) is 7.26. The van der Waals surface area contributed by atoms with E-state index in [0.717, 1.165) is 5.39 Å². The van der Waals surface area contributed by atoms with E-state index in [0.29, 0.717) is 48.6 Å². The number of rotatable bonds is 5. The molecule has 1 amide bonds. The van der Waals surface area contributed by atoms with Crippen LogP contribution in [0.1, 0.15) is 10.4 Å². The summed E-state index contributed by atoms with van der Waals surface area (Å²) in [6, 6.07) is 17.3. The zero-order valence-electron chi connectivity index (χ0n) is 17.2. The number of hydrogen-bond donors (Lipinski definition) is 0. The van der Waals surface area contributed by atoms with Crippen molar-refractivity contribution in [3.63, 3.8) is 0 Å². The number of ether oxygens (including phenoxy) is 2. The molecule has 1 heterocycles. The molecule has 0 bridgehead atoms. The lowest BCUT2D eigenvalue weighted by molar-refractivity contribution is -0.134. The number of halogens is 1. The van der Waals surface area contributed by atoms with Crippen molar-refractivity contribution in [3.05, 3.63) is 72.0 Å². The number of carbonyl (C=O) groups is 2. The number of para-hydroxylation sites is 1. The van der Waals surface area contributed by atoms with E-state index in [1.165, 1.54) is 6.07 Å². The number of esters is 1. The molecule has 0 N–H and O–H groups in total. The van der Waals surface area contributed by atoms with Crippen LogP contribution < -0.4 is 9.64 Å². The van der Waals surface area contributed by atoms with Crippen molar-refractivity contribution in [3.8, 4) is 5.75 Å². The first-order chi connectivity index (χ1) is 15.1. The summed E-state index contributed by atoms with van der Waals surface area (Å²) in [5.41, 5.74) is 0.918. The van der Waals surface area contributed by atoms with Crippen molar-refractivity contribution >= 4 is 28.3 Å². The highest BCUT2D eigenvalue weighted by Crippen LogP contribution is 2.28. The van der Waals surface area contributed by atoms with E-state index < -0.39 is 5.97 Å². The van der Waals surface area contributed by atoms with E-state index in [9.17, 15) is 14.0 Å². The van der Waals surface area contributed by atoms with Gasteiger partial charge in [0.2, 0.25) is 0 Å². The molecule has 7 heteroatoms. The van der Waals surface area contributed by atoms with Crippen LogP contribution in [-0.4, -0.2) is 56.7 Å². The van der Waals surface area contributed by atoms with Gasteiger partial charge in [-0.2, -0.15) is 0 Å². The lowest BCUT2D eigenvalue weighted by Crippen LogP contribution is -2.50. The first-order valence-electron chi connectivity index (χ1n) is 10.1. The van der Waals surface area contributed by atoms with Crippen LogP contribution in [0.25, 0.3) is 10.8 Å². The molecular formula is C24H23FN2O4. The Morgan fingerprint density at radius 1 is 0.903 bits per heavy atom. The van der Waals surface area contributed by atoms with E-state index in [2.05, 4.69) is 0 Å². The Morgan fingerprint density at radius 3 is 2.29 bits per heavy atom. The number of benzene rings is 3. The third kappa shape index (κ3) is 4.30. The molecule has 4 rings (SSSR count). The highest BCUT2D eigenvalue weighted by atomic mass is 19.1. The summed E-state index contributed by atoms with van der Waals surface area (Å²) in [7, 11) is 1.57. The van der Waals surface area contributed by atoms with Crippen LogP contribution in [0.15, 0.2) is 60.7 Å². The number of amides is 1. The molecule has 0 saturated carbocycles. The van der Waals surface area contributed by atoms with Crippen molar-refractivity contribution in [1.29, 1.82) is 0 Å². The Bertz CT molecular complexity index is 1110. The topological polar surface area (TPSA) is 59.1 Å². The first kappa shape index (κ1) is 20.7. The predicted molar refractivity (Wildman–Crippen MR) is 116 cm³/mol. The van der Waals surface area contributed by atoms with Crippen molar-refractivity contribution in [1.82, 2.24) is 4.90 Å². The largest absolute Gasteiger partial charge is 0.496 e. The Kier molecular flexibility index (Phi) is 6.02. The molecule has 0 radical (unpaired) electrons. The van der Waals surface area contributed by atoms with Crippen LogP contribution in [0.5, 0.6) is 5.75 Å². The van der Waals surface area contributed by atoms with Gasteiger partial charge >= 0.3 is 5.97 Å². The van der Waals surface area contributed by atoms with Gasteiger partial charge in [-0.05, 0) is 29.7 Å². The third-order valence-electron chi connectivity index (χ3n) is 5.48. The van der Waals surface area contributed by atoms with Gasteiger partial charge in [0.1, 0.15) is 11.6 Å². The summed E-state index contributed by atoms with van der Waals surface area (Å²) in [6.45, 7) is 1.58. The van der Waals surface area contributed by atoms with Crippen LogP contribution in [0.4, 0.5) is 10.1 Å². The Balaban J connectivity index is 1.36. The zero-order chi connectivity index (χ0) is 21.8. The van der Waals surface area contributed by atoms with Crippen LogP contribution in [0.2, 0.25) is 0 Å². The maximum absolute atomic E-state index is 14.0. The molecule has 1 fully saturated rings. The quantitative estimate of drug-likeness (QED) is 0.589. The van der Waals surface area contributed by atoms with Crippen LogP contribution in [0.3, 0.4) is 0 Å². The molecule has 0 aromatic heterocycles. The van der Waals surface area contributed by atoms with Gasteiger partial charge in [-0.15, -0.1) is 0 Å². The molecule has 0 unspecified atom stereocenters. The number of nitrogens with zero attached hydrogens (tertiary/aromatic N) is 2. The molecule has 0 spiro atoms. The second kappa shape index (κ2) is 9.04. The minimum absolute atomic E-state index is 0.264. The van der Waals surface area contributed by atoms with E-state index in [-0.39, 0.29) is 18.3 Å². The zero-order valence-corrected chi connectivity index (χ0v) is 17.2. The number of anilines is 1. The van der Waals surface area contributed by atoms with Crippen molar-refractivity contribution in [2.45, 2.75) is 0 Å². The van der Waals surface area contributed by atoms with Gasteiger partial charge in [0.15, 0.2) is 6.61 Å². The molecule has 31 heavy (non-hydrogen) atoms. The summed E-state index contributed by atoms with van der Waals surface area (Å²) in [6.07, 6.45) is 0. The normalized spacial score (nSPS) is 13.9. The Hall–Kier alpha value is -3.61. The molecule has 6 nitrogen and oxygen atoms in total. The Labute approximate surface area is 179 Å². The summed E-state index contributed by atoms with van der Waals surface area (Å²) < 4.78 is 24.6. The molecule has 0 atom stereocenters.